The zero-order chi connectivity index (χ0) is 17.5. The van der Waals surface area contributed by atoms with Crippen molar-refractivity contribution in [2.75, 3.05) is 6.54 Å². The van der Waals surface area contributed by atoms with Gasteiger partial charge < -0.3 is 0 Å². The standard InChI is InChI=1S/C20H19ClFN3/c21-20-17(4-3-12-24-20)15-25(13-10-19-5-1-2-11-23-19)14-16-6-8-18(22)9-7-16/h1-9,11-12H,10,13-15H2. The van der Waals surface area contributed by atoms with E-state index in [-0.39, 0.29) is 5.82 Å². The SMILES string of the molecule is Fc1ccc(CN(CCc2ccccn2)Cc2cccnc2Cl)cc1. The zero-order valence-electron chi connectivity index (χ0n) is 13.8. The Hall–Kier alpha value is -2.30. The van der Waals surface area contributed by atoms with Gasteiger partial charge in [0.1, 0.15) is 11.0 Å². The molecule has 5 heteroatoms. The van der Waals surface area contributed by atoms with E-state index in [0.717, 1.165) is 29.8 Å². The van der Waals surface area contributed by atoms with Gasteiger partial charge in [-0.1, -0.05) is 35.9 Å². The maximum Gasteiger partial charge on any atom is 0.133 e. The molecule has 0 N–H and O–H groups in total. The highest BCUT2D eigenvalue weighted by atomic mass is 35.5. The van der Waals surface area contributed by atoms with Gasteiger partial charge in [-0.15, -0.1) is 0 Å². The molecule has 0 unspecified atom stereocenters. The van der Waals surface area contributed by atoms with Crippen LogP contribution < -0.4 is 0 Å². The summed E-state index contributed by atoms with van der Waals surface area (Å²) in [4.78, 5) is 10.8. The number of pyridine rings is 2. The minimum Gasteiger partial charge on any atom is -0.294 e. The molecule has 0 aliphatic carbocycles. The van der Waals surface area contributed by atoms with Gasteiger partial charge in [0.2, 0.25) is 0 Å². The molecule has 25 heavy (non-hydrogen) atoms. The third-order valence-electron chi connectivity index (χ3n) is 3.96. The largest absolute Gasteiger partial charge is 0.294 e. The molecule has 2 aromatic heterocycles. The molecule has 0 saturated heterocycles. The average Bonchev–Trinajstić information content (AvgIpc) is 2.64. The molecule has 0 atom stereocenters. The Balaban J connectivity index is 1.72. The molecule has 3 aromatic rings. The Kier molecular flexibility index (Phi) is 6.09. The number of hydrogen-bond donors (Lipinski definition) is 0. The van der Waals surface area contributed by atoms with Crippen LogP contribution >= 0.6 is 11.6 Å². The van der Waals surface area contributed by atoms with Crippen LogP contribution in [-0.2, 0) is 19.5 Å². The number of halogens is 2. The quantitative estimate of drug-likeness (QED) is 0.584. The summed E-state index contributed by atoms with van der Waals surface area (Å²) in [5.41, 5.74) is 3.08. The van der Waals surface area contributed by atoms with Gasteiger partial charge in [0.05, 0.1) is 0 Å². The Morgan fingerprint density at radius 3 is 2.40 bits per heavy atom. The molecule has 0 spiro atoms. The van der Waals surface area contributed by atoms with Crippen molar-refractivity contribution in [3.05, 3.63) is 94.8 Å². The first kappa shape index (κ1) is 17.5. The normalized spacial score (nSPS) is 11.0. The highest BCUT2D eigenvalue weighted by Crippen LogP contribution is 2.17. The summed E-state index contributed by atoms with van der Waals surface area (Å²) in [6.45, 7) is 2.20. The fourth-order valence-electron chi connectivity index (χ4n) is 2.66. The van der Waals surface area contributed by atoms with Gasteiger partial charge in [0.15, 0.2) is 0 Å². The first-order valence-electron chi connectivity index (χ1n) is 8.17. The number of aromatic nitrogens is 2. The summed E-state index contributed by atoms with van der Waals surface area (Å²) < 4.78 is 13.1. The van der Waals surface area contributed by atoms with Gasteiger partial charge in [-0.2, -0.15) is 0 Å². The number of rotatable bonds is 7. The van der Waals surface area contributed by atoms with E-state index in [1.807, 2.05) is 42.5 Å². The molecule has 0 radical (unpaired) electrons. The van der Waals surface area contributed by atoms with E-state index in [0.29, 0.717) is 18.2 Å². The van der Waals surface area contributed by atoms with Crippen LogP contribution in [0.2, 0.25) is 5.15 Å². The Labute approximate surface area is 152 Å². The molecule has 0 bridgehead atoms. The van der Waals surface area contributed by atoms with Gasteiger partial charge in [-0.25, -0.2) is 9.37 Å². The van der Waals surface area contributed by atoms with E-state index < -0.39 is 0 Å². The van der Waals surface area contributed by atoms with E-state index in [4.69, 9.17) is 11.6 Å². The minimum absolute atomic E-state index is 0.223. The molecule has 128 valence electrons. The van der Waals surface area contributed by atoms with Gasteiger partial charge in [0.25, 0.3) is 0 Å². The Bertz CT molecular complexity index is 794. The summed E-state index contributed by atoms with van der Waals surface area (Å²) >= 11 is 6.21. The van der Waals surface area contributed by atoms with Crippen molar-refractivity contribution in [2.24, 2.45) is 0 Å². The molecule has 0 aliphatic rings. The molecule has 2 heterocycles. The monoisotopic (exact) mass is 355 g/mol. The van der Waals surface area contributed by atoms with Crippen molar-refractivity contribution in [3.8, 4) is 0 Å². The lowest BCUT2D eigenvalue weighted by Crippen LogP contribution is -2.26. The fourth-order valence-corrected chi connectivity index (χ4v) is 2.84. The van der Waals surface area contributed by atoms with Gasteiger partial charge in [0, 0.05) is 49.7 Å². The molecule has 0 saturated carbocycles. The molecular weight excluding hydrogens is 337 g/mol. The maximum atomic E-state index is 13.1. The summed E-state index contributed by atoms with van der Waals surface area (Å²) in [6, 6.07) is 16.4. The second-order valence-corrected chi connectivity index (χ2v) is 6.22. The van der Waals surface area contributed by atoms with Crippen LogP contribution in [0.4, 0.5) is 4.39 Å². The lowest BCUT2D eigenvalue weighted by Gasteiger charge is -2.23. The summed E-state index contributed by atoms with van der Waals surface area (Å²) in [5.74, 6) is -0.223. The van der Waals surface area contributed by atoms with Crippen LogP contribution in [0.25, 0.3) is 0 Å². The van der Waals surface area contributed by atoms with Crippen molar-refractivity contribution in [3.63, 3.8) is 0 Å². The molecular formula is C20H19ClFN3. The van der Waals surface area contributed by atoms with Crippen LogP contribution in [0.1, 0.15) is 16.8 Å². The number of hydrogen-bond acceptors (Lipinski definition) is 3. The molecule has 0 fully saturated rings. The predicted octanol–water partition coefficient (Wildman–Crippen LogP) is 4.51. The zero-order valence-corrected chi connectivity index (χ0v) is 14.5. The van der Waals surface area contributed by atoms with Crippen molar-refractivity contribution in [1.29, 1.82) is 0 Å². The van der Waals surface area contributed by atoms with Crippen molar-refractivity contribution < 1.29 is 4.39 Å². The Morgan fingerprint density at radius 2 is 1.68 bits per heavy atom. The smallest absolute Gasteiger partial charge is 0.133 e. The van der Waals surface area contributed by atoms with Crippen LogP contribution in [0.3, 0.4) is 0 Å². The lowest BCUT2D eigenvalue weighted by molar-refractivity contribution is 0.259. The summed E-state index contributed by atoms with van der Waals surface area (Å²) in [7, 11) is 0. The maximum absolute atomic E-state index is 13.1. The number of nitrogens with zero attached hydrogens (tertiary/aromatic N) is 3. The van der Waals surface area contributed by atoms with E-state index in [1.54, 1.807) is 12.4 Å². The second-order valence-electron chi connectivity index (χ2n) is 5.86. The molecule has 3 rings (SSSR count). The highest BCUT2D eigenvalue weighted by Gasteiger charge is 2.11. The highest BCUT2D eigenvalue weighted by molar-refractivity contribution is 6.30. The average molecular weight is 356 g/mol. The summed E-state index contributed by atoms with van der Waals surface area (Å²) in [6.07, 6.45) is 4.32. The lowest BCUT2D eigenvalue weighted by atomic mass is 10.1. The topological polar surface area (TPSA) is 29.0 Å². The van der Waals surface area contributed by atoms with Crippen LogP contribution in [0.5, 0.6) is 0 Å². The Morgan fingerprint density at radius 1 is 0.880 bits per heavy atom. The van der Waals surface area contributed by atoms with E-state index in [1.165, 1.54) is 12.1 Å². The van der Waals surface area contributed by atoms with Crippen LogP contribution in [0, 0.1) is 5.82 Å². The molecule has 0 aliphatic heterocycles. The van der Waals surface area contributed by atoms with Crippen molar-refractivity contribution >= 4 is 11.6 Å². The first-order chi connectivity index (χ1) is 12.2. The third-order valence-corrected chi connectivity index (χ3v) is 4.30. The van der Waals surface area contributed by atoms with E-state index in [9.17, 15) is 4.39 Å². The van der Waals surface area contributed by atoms with Gasteiger partial charge in [-0.05, 0) is 35.9 Å². The summed E-state index contributed by atoms with van der Waals surface area (Å²) in [5, 5.41) is 0.518. The minimum atomic E-state index is -0.223. The first-order valence-corrected chi connectivity index (χ1v) is 8.54. The van der Waals surface area contributed by atoms with Crippen LogP contribution in [-0.4, -0.2) is 21.4 Å². The second kappa shape index (κ2) is 8.70. The molecule has 3 nitrogen and oxygen atoms in total. The van der Waals surface area contributed by atoms with Crippen molar-refractivity contribution in [2.45, 2.75) is 19.5 Å². The van der Waals surface area contributed by atoms with Crippen LogP contribution in [0.15, 0.2) is 67.0 Å². The van der Waals surface area contributed by atoms with Gasteiger partial charge in [-0.3, -0.25) is 9.88 Å². The van der Waals surface area contributed by atoms with Gasteiger partial charge >= 0.3 is 0 Å². The molecule has 1 aromatic carbocycles. The van der Waals surface area contributed by atoms with E-state index in [2.05, 4.69) is 14.9 Å². The molecule has 0 amide bonds. The predicted molar refractivity (Wildman–Crippen MR) is 97.7 cm³/mol. The number of benzene rings is 1. The van der Waals surface area contributed by atoms with Crippen molar-refractivity contribution in [1.82, 2.24) is 14.9 Å². The third kappa shape index (κ3) is 5.34. The fraction of sp³-hybridized carbons (Fsp3) is 0.200. The van der Waals surface area contributed by atoms with E-state index >= 15 is 0 Å².